The van der Waals surface area contributed by atoms with E-state index in [0.717, 1.165) is 5.39 Å². The molecule has 5 aromatic rings. The predicted octanol–water partition coefficient (Wildman–Crippen LogP) is 5.08. The molecular formula is C26H19ClN4O2. The van der Waals surface area contributed by atoms with E-state index in [4.69, 9.17) is 11.6 Å². The first-order valence-electron chi connectivity index (χ1n) is 10.4. The molecule has 1 N–H and O–H groups in total. The van der Waals surface area contributed by atoms with Crippen LogP contribution < -0.4 is 10.9 Å². The van der Waals surface area contributed by atoms with E-state index in [0.29, 0.717) is 38.3 Å². The molecule has 0 radical (unpaired) electrons. The summed E-state index contributed by atoms with van der Waals surface area (Å²) in [7, 11) is 0. The first-order valence-corrected chi connectivity index (χ1v) is 10.8. The van der Waals surface area contributed by atoms with Crippen molar-refractivity contribution in [1.82, 2.24) is 19.9 Å². The third kappa shape index (κ3) is 3.75. The van der Waals surface area contributed by atoms with Crippen molar-refractivity contribution in [3.8, 4) is 5.69 Å². The highest BCUT2D eigenvalue weighted by atomic mass is 35.5. The average molecular weight is 455 g/mol. The van der Waals surface area contributed by atoms with E-state index >= 15 is 0 Å². The molecule has 5 rings (SSSR count). The lowest BCUT2D eigenvalue weighted by atomic mass is 10.1. The summed E-state index contributed by atoms with van der Waals surface area (Å²) in [5, 5.41) is 5.32. The Morgan fingerprint density at radius 2 is 1.79 bits per heavy atom. The highest BCUT2D eigenvalue weighted by Gasteiger charge is 2.21. The van der Waals surface area contributed by atoms with Gasteiger partial charge in [0.05, 0.1) is 27.5 Å². The van der Waals surface area contributed by atoms with Crippen LogP contribution >= 0.6 is 11.6 Å². The van der Waals surface area contributed by atoms with Crippen molar-refractivity contribution in [1.29, 1.82) is 0 Å². The van der Waals surface area contributed by atoms with Crippen LogP contribution in [0.2, 0.25) is 5.02 Å². The molecule has 0 fully saturated rings. The zero-order chi connectivity index (χ0) is 22.9. The number of para-hydroxylation sites is 1. The maximum atomic E-state index is 13.6. The number of pyridine rings is 3. The summed E-state index contributed by atoms with van der Waals surface area (Å²) in [6.45, 7) is 1.84. The number of carbonyl (C=O) groups excluding carboxylic acids is 1. The number of halogens is 1. The molecule has 7 heteroatoms. The van der Waals surface area contributed by atoms with E-state index in [1.54, 1.807) is 35.2 Å². The minimum absolute atomic E-state index is 0.242. The standard InChI is InChI=1S/C26H19ClN4O2/c1-16(30-25(32)20-15-28-14-18-8-6-12-29-24(18)20)22-13-17-7-5-11-21(27)23(17)26(33)31(22)19-9-3-2-4-10-19/h2-16H,1H3,(H,30,32)/t16-/m0/s1. The van der Waals surface area contributed by atoms with Gasteiger partial charge in [0, 0.05) is 35.4 Å². The van der Waals surface area contributed by atoms with Crippen molar-refractivity contribution >= 4 is 39.2 Å². The topological polar surface area (TPSA) is 76.9 Å². The van der Waals surface area contributed by atoms with Gasteiger partial charge < -0.3 is 5.32 Å². The number of benzene rings is 2. The second-order valence-corrected chi connectivity index (χ2v) is 8.11. The van der Waals surface area contributed by atoms with Crippen molar-refractivity contribution in [3.63, 3.8) is 0 Å². The number of fused-ring (bicyclic) bond motifs is 2. The SMILES string of the molecule is C[C@H](NC(=O)c1cncc2cccnc12)c1cc2cccc(Cl)c2c(=O)n1-c1ccccc1. The molecule has 1 atom stereocenters. The van der Waals surface area contributed by atoms with Gasteiger partial charge >= 0.3 is 0 Å². The molecule has 0 spiro atoms. The molecule has 6 nitrogen and oxygen atoms in total. The minimum Gasteiger partial charge on any atom is -0.344 e. The third-order valence-corrected chi connectivity index (χ3v) is 5.90. The van der Waals surface area contributed by atoms with Gasteiger partial charge in [0.25, 0.3) is 11.5 Å². The van der Waals surface area contributed by atoms with E-state index in [-0.39, 0.29) is 11.5 Å². The quantitative estimate of drug-likeness (QED) is 0.411. The number of hydrogen-bond donors (Lipinski definition) is 1. The molecule has 33 heavy (non-hydrogen) atoms. The molecule has 3 aromatic heterocycles. The van der Waals surface area contributed by atoms with Gasteiger partial charge in [0.2, 0.25) is 0 Å². The maximum Gasteiger partial charge on any atom is 0.264 e. The van der Waals surface area contributed by atoms with Crippen LogP contribution in [0.1, 0.15) is 29.0 Å². The molecule has 0 aliphatic carbocycles. The summed E-state index contributed by atoms with van der Waals surface area (Å²) in [5.41, 5.74) is 2.03. The lowest BCUT2D eigenvalue weighted by Crippen LogP contribution is -2.32. The molecule has 2 aromatic carbocycles. The van der Waals surface area contributed by atoms with E-state index in [1.165, 1.54) is 6.20 Å². The number of aromatic nitrogens is 3. The molecule has 3 heterocycles. The molecule has 0 saturated carbocycles. The number of carbonyl (C=O) groups is 1. The van der Waals surface area contributed by atoms with Gasteiger partial charge in [-0.1, -0.05) is 41.9 Å². The van der Waals surface area contributed by atoms with Gasteiger partial charge in [-0.2, -0.15) is 0 Å². The smallest absolute Gasteiger partial charge is 0.264 e. The summed E-state index contributed by atoms with van der Waals surface area (Å²) in [5.74, 6) is -0.322. The Balaban J connectivity index is 1.63. The number of rotatable bonds is 4. The Kier molecular flexibility index (Phi) is 5.36. The molecule has 0 aliphatic rings. The Labute approximate surface area is 194 Å². The lowest BCUT2D eigenvalue weighted by Gasteiger charge is -2.21. The lowest BCUT2D eigenvalue weighted by molar-refractivity contribution is 0.0940. The van der Waals surface area contributed by atoms with Crippen molar-refractivity contribution in [2.45, 2.75) is 13.0 Å². The minimum atomic E-state index is -0.493. The zero-order valence-corrected chi connectivity index (χ0v) is 18.5. The number of nitrogens with zero attached hydrogens (tertiary/aromatic N) is 3. The van der Waals surface area contributed by atoms with Crippen LogP contribution in [0.3, 0.4) is 0 Å². The van der Waals surface area contributed by atoms with Gasteiger partial charge in [-0.15, -0.1) is 0 Å². The Hall–Kier alpha value is -4.03. The van der Waals surface area contributed by atoms with Crippen LogP contribution in [0.5, 0.6) is 0 Å². The third-order valence-electron chi connectivity index (χ3n) is 5.59. The Bertz CT molecular complexity index is 1560. The Morgan fingerprint density at radius 1 is 1.00 bits per heavy atom. The number of nitrogens with one attached hydrogen (secondary N) is 1. The van der Waals surface area contributed by atoms with Gasteiger partial charge in [-0.3, -0.25) is 24.1 Å². The van der Waals surface area contributed by atoms with Crippen LogP contribution in [0.25, 0.3) is 27.4 Å². The van der Waals surface area contributed by atoms with Crippen molar-refractivity contribution < 1.29 is 4.79 Å². The first kappa shape index (κ1) is 20.8. The average Bonchev–Trinajstić information content (AvgIpc) is 2.84. The molecule has 162 valence electrons. The van der Waals surface area contributed by atoms with E-state index < -0.39 is 6.04 Å². The van der Waals surface area contributed by atoms with Crippen LogP contribution in [-0.2, 0) is 0 Å². The summed E-state index contributed by atoms with van der Waals surface area (Å²) >= 11 is 6.38. The largest absolute Gasteiger partial charge is 0.344 e. The second kappa shape index (κ2) is 8.48. The molecule has 0 saturated heterocycles. The molecule has 0 aliphatic heterocycles. The monoisotopic (exact) mass is 454 g/mol. The molecule has 0 unspecified atom stereocenters. The van der Waals surface area contributed by atoms with E-state index in [9.17, 15) is 9.59 Å². The number of hydrogen-bond acceptors (Lipinski definition) is 4. The van der Waals surface area contributed by atoms with Gasteiger partial charge in [0.1, 0.15) is 0 Å². The van der Waals surface area contributed by atoms with Crippen molar-refractivity contribution in [3.05, 3.63) is 112 Å². The fourth-order valence-electron chi connectivity index (χ4n) is 4.02. The van der Waals surface area contributed by atoms with Crippen LogP contribution in [0, 0.1) is 0 Å². The van der Waals surface area contributed by atoms with Crippen LogP contribution in [0.15, 0.2) is 90.1 Å². The summed E-state index contributed by atoms with van der Waals surface area (Å²) in [4.78, 5) is 35.3. The van der Waals surface area contributed by atoms with Gasteiger partial charge in [0.15, 0.2) is 0 Å². The summed E-state index contributed by atoms with van der Waals surface area (Å²) in [6, 6.07) is 19.7. The fraction of sp³-hybridized carbons (Fsp3) is 0.0769. The van der Waals surface area contributed by atoms with Crippen LogP contribution in [0.4, 0.5) is 0 Å². The summed E-state index contributed by atoms with van der Waals surface area (Å²) < 4.78 is 1.60. The molecule has 0 bridgehead atoms. The normalized spacial score (nSPS) is 12.1. The second-order valence-electron chi connectivity index (χ2n) is 7.71. The van der Waals surface area contributed by atoms with E-state index in [2.05, 4.69) is 15.3 Å². The maximum absolute atomic E-state index is 13.6. The van der Waals surface area contributed by atoms with Crippen LogP contribution in [-0.4, -0.2) is 20.4 Å². The zero-order valence-electron chi connectivity index (χ0n) is 17.7. The summed E-state index contributed by atoms with van der Waals surface area (Å²) in [6.07, 6.45) is 4.81. The van der Waals surface area contributed by atoms with Gasteiger partial charge in [-0.05, 0) is 48.7 Å². The first-order chi connectivity index (χ1) is 16.0. The van der Waals surface area contributed by atoms with Crippen molar-refractivity contribution in [2.24, 2.45) is 0 Å². The molecular weight excluding hydrogens is 436 g/mol. The van der Waals surface area contributed by atoms with E-state index in [1.807, 2.05) is 55.5 Å². The predicted molar refractivity (Wildman–Crippen MR) is 130 cm³/mol. The number of amides is 1. The highest BCUT2D eigenvalue weighted by molar-refractivity contribution is 6.35. The van der Waals surface area contributed by atoms with Gasteiger partial charge in [-0.25, -0.2) is 0 Å². The highest BCUT2D eigenvalue weighted by Crippen LogP contribution is 2.26. The Morgan fingerprint density at radius 3 is 2.61 bits per heavy atom. The van der Waals surface area contributed by atoms with Crippen molar-refractivity contribution in [2.75, 3.05) is 0 Å². The fourth-order valence-corrected chi connectivity index (χ4v) is 4.28. The molecule has 1 amide bonds.